The van der Waals surface area contributed by atoms with Gasteiger partial charge in [-0.25, -0.2) is 9.78 Å². The first-order chi connectivity index (χ1) is 12.0. The first-order valence-corrected chi connectivity index (χ1v) is 8.95. The summed E-state index contributed by atoms with van der Waals surface area (Å²) in [5.74, 6) is 0.363. The highest BCUT2D eigenvalue weighted by Crippen LogP contribution is 2.30. The smallest absolute Gasteiger partial charge is 0.322 e. The fraction of sp³-hybridized carbons (Fsp3) is 0.647. The fourth-order valence-electron chi connectivity index (χ4n) is 3.09. The lowest BCUT2D eigenvalue weighted by Crippen LogP contribution is -2.56. The highest BCUT2D eigenvalue weighted by atomic mass is 35.5. The molecule has 1 spiro atoms. The van der Waals surface area contributed by atoms with E-state index in [0.29, 0.717) is 49.5 Å². The van der Waals surface area contributed by atoms with Crippen LogP contribution in [-0.2, 0) is 9.47 Å². The number of hydrogen-bond acceptors (Lipinski definition) is 5. The lowest BCUT2D eigenvalue weighted by molar-refractivity contribution is -0.144. The molecule has 2 fully saturated rings. The first kappa shape index (κ1) is 18.2. The van der Waals surface area contributed by atoms with Crippen molar-refractivity contribution in [2.45, 2.75) is 38.4 Å². The zero-order valence-electron chi connectivity index (χ0n) is 14.6. The number of hydrogen-bond donors (Lipinski definition) is 1. The number of aromatic nitrogens is 1. The number of rotatable bonds is 3. The molecule has 2 amide bonds. The van der Waals surface area contributed by atoms with Gasteiger partial charge in [-0.05, 0) is 19.9 Å². The summed E-state index contributed by atoms with van der Waals surface area (Å²) in [4.78, 5) is 18.7. The molecule has 0 radical (unpaired) electrons. The monoisotopic (exact) mass is 369 g/mol. The largest absolute Gasteiger partial charge is 0.473 e. The number of nitrogens with one attached hydrogen (secondary N) is 1. The molecule has 1 aromatic rings. The second-order valence-electron chi connectivity index (χ2n) is 6.67. The van der Waals surface area contributed by atoms with E-state index in [1.54, 1.807) is 11.0 Å². The standard InChI is InChI=1S/C17H24ClN3O4/c1-12(2)25-15-14(9-13(18)10-19-15)20-16(22)21-5-8-24-17(11-21)3-6-23-7-4-17/h9-10,12H,3-8,11H2,1-2H3,(H,20,22). The molecule has 0 unspecified atom stereocenters. The van der Waals surface area contributed by atoms with Crippen molar-refractivity contribution in [3.63, 3.8) is 0 Å². The molecule has 2 aliphatic heterocycles. The minimum Gasteiger partial charge on any atom is -0.473 e. The van der Waals surface area contributed by atoms with E-state index in [2.05, 4.69) is 10.3 Å². The Hall–Kier alpha value is -1.57. The summed E-state index contributed by atoms with van der Waals surface area (Å²) < 4.78 is 17.0. The van der Waals surface area contributed by atoms with Crippen LogP contribution in [0.25, 0.3) is 0 Å². The van der Waals surface area contributed by atoms with Crippen molar-refractivity contribution >= 4 is 23.3 Å². The number of carbonyl (C=O) groups excluding carboxylic acids is 1. The van der Waals surface area contributed by atoms with Crippen LogP contribution in [0, 0.1) is 0 Å². The van der Waals surface area contributed by atoms with Gasteiger partial charge in [0.25, 0.3) is 0 Å². The van der Waals surface area contributed by atoms with E-state index in [1.807, 2.05) is 13.8 Å². The summed E-state index contributed by atoms with van der Waals surface area (Å²) in [5, 5.41) is 3.32. The molecular formula is C17H24ClN3O4. The first-order valence-electron chi connectivity index (χ1n) is 8.57. The van der Waals surface area contributed by atoms with Crippen LogP contribution in [-0.4, -0.2) is 60.5 Å². The van der Waals surface area contributed by atoms with Crippen LogP contribution in [0.1, 0.15) is 26.7 Å². The number of nitrogens with zero attached hydrogens (tertiary/aromatic N) is 2. The topological polar surface area (TPSA) is 72.9 Å². The van der Waals surface area contributed by atoms with Gasteiger partial charge in [0.15, 0.2) is 0 Å². The maximum Gasteiger partial charge on any atom is 0.322 e. The van der Waals surface area contributed by atoms with Crippen molar-refractivity contribution < 1.29 is 19.0 Å². The Bertz CT molecular complexity index is 614. The number of ether oxygens (including phenoxy) is 3. The maximum absolute atomic E-state index is 12.7. The number of anilines is 1. The minimum absolute atomic E-state index is 0.0572. The molecule has 8 heteroatoms. The quantitative estimate of drug-likeness (QED) is 0.886. The van der Waals surface area contributed by atoms with Gasteiger partial charge in [-0.3, -0.25) is 0 Å². The Morgan fingerprint density at radius 1 is 1.40 bits per heavy atom. The third kappa shape index (κ3) is 4.54. The number of carbonyl (C=O) groups is 1. The van der Waals surface area contributed by atoms with Gasteiger partial charge >= 0.3 is 6.03 Å². The van der Waals surface area contributed by atoms with E-state index in [9.17, 15) is 4.79 Å². The summed E-state index contributed by atoms with van der Waals surface area (Å²) in [6, 6.07) is 1.45. The molecule has 0 aromatic carbocycles. The molecule has 2 saturated heterocycles. The van der Waals surface area contributed by atoms with E-state index in [-0.39, 0.29) is 17.7 Å². The predicted octanol–water partition coefficient (Wildman–Crippen LogP) is 2.94. The fourth-order valence-corrected chi connectivity index (χ4v) is 3.25. The van der Waals surface area contributed by atoms with Gasteiger partial charge in [0.2, 0.25) is 5.88 Å². The number of halogens is 1. The van der Waals surface area contributed by atoms with Gasteiger partial charge in [-0.2, -0.15) is 0 Å². The van der Waals surface area contributed by atoms with Crippen LogP contribution >= 0.6 is 11.6 Å². The van der Waals surface area contributed by atoms with Crippen molar-refractivity contribution in [1.29, 1.82) is 0 Å². The second kappa shape index (κ2) is 7.76. The lowest BCUT2D eigenvalue weighted by atomic mass is 9.92. The van der Waals surface area contributed by atoms with Gasteiger partial charge in [0, 0.05) is 38.8 Å². The third-order valence-electron chi connectivity index (χ3n) is 4.35. The molecule has 1 N–H and O–H groups in total. The Balaban J connectivity index is 1.70. The van der Waals surface area contributed by atoms with Gasteiger partial charge in [-0.15, -0.1) is 0 Å². The average Bonchev–Trinajstić information content (AvgIpc) is 2.58. The van der Waals surface area contributed by atoms with E-state index >= 15 is 0 Å². The Morgan fingerprint density at radius 3 is 2.88 bits per heavy atom. The molecule has 0 saturated carbocycles. The summed E-state index contributed by atoms with van der Waals surface area (Å²) in [6.07, 6.45) is 3.05. The average molecular weight is 370 g/mol. The number of morpholine rings is 1. The van der Waals surface area contributed by atoms with Crippen molar-refractivity contribution in [3.05, 3.63) is 17.3 Å². The number of pyridine rings is 1. The van der Waals surface area contributed by atoms with Crippen molar-refractivity contribution in [2.75, 3.05) is 38.2 Å². The van der Waals surface area contributed by atoms with Crippen LogP contribution in [0.5, 0.6) is 5.88 Å². The Morgan fingerprint density at radius 2 is 2.16 bits per heavy atom. The van der Waals surface area contributed by atoms with E-state index < -0.39 is 0 Å². The Kier molecular flexibility index (Phi) is 5.66. The van der Waals surface area contributed by atoms with Crippen LogP contribution in [0.3, 0.4) is 0 Å². The van der Waals surface area contributed by atoms with Crippen LogP contribution in [0.4, 0.5) is 10.5 Å². The molecular weight excluding hydrogens is 346 g/mol. The zero-order valence-corrected chi connectivity index (χ0v) is 15.3. The van der Waals surface area contributed by atoms with E-state index in [1.165, 1.54) is 6.20 Å². The third-order valence-corrected chi connectivity index (χ3v) is 4.55. The molecule has 138 valence electrons. The van der Waals surface area contributed by atoms with E-state index in [4.69, 9.17) is 25.8 Å². The Labute approximate surface area is 152 Å². The van der Waals surface area contributed by atoms with Gasteiger partial charge < -0.3 is 24.4 Å². The normalized spacial score (nSPS) is 19.9. The number of amides is 2. The maximum atomic E-state index is 12.7. The highest BCUT2D eigenvalue weighted by molar-refractivity contribution is 6.30. The predicted molar refractivity (Wildman–Crippen MR) is 94.3 cm³/mol. The summed E-state index contributed by atoms with van der Waals surface area (Å²) >= 11 is 6.02. The SMILES string of the molecule is CC(C)Oc1ncc(Cl)cc1NC(=O)N1CCOC2(CCOCC2)C1. The van der Waals surface area contributed by atoms with Crippen molar-refractivity contribution in [2.24, 2.45) is 0 Å². The molecule has 3 heterocycles. The minimum atomic E-state index is -0.294. The molecule has 0 atom stereocenters. The lowest BCUT2D eigenvalue weighted by Gasteiger charge is -2.44. The summed E-state index contributed by atoms with van der Waals surface area (Å²) in [6.45, 7) is 6.76. The van der Waals surface area contributed by atoms with Crippen molar-refractivity contribution in [1.82, 2.24) is 9.88 Å². The number of urea groups is 1. The van der Waals surface area contributed by atoms with Crippen LogP contribution < -0.4 is 10.1 Å². The molecule has 1 aromatic heterocycles. The molecule has 0 bridgehead atoms. The summed E-state index contributed by atoms with van der Waals surface area (Å²) in [7, 11) is 0. The van der Waals surface area contributed by atoms with E-state index in [0.717, 1.165) is 12.8 Å². The van der Waals surface area contributed by atoms with Crippen molar-refractivity contribution in [3.8, 4) is 5.88 Å². The molecule has 2 aliphatic rings. The molecule has 3 rings (SSSR count). The van der Waals surface area contributed by atoms with Crippen LogP contribution in [0.2, 0.25) is 5.02 Å². The van der Waals surface area contributed by atoms with Crippen LogP contribution in [0.15, 0.2) is 12.3 Å². The second-order valence-corrected chi connectivity index (χ2v) is 7.10. The van der Waals surface area contributed by atoms with Gasteiger partial charge in [0.1, 0.15) is 5.69 Å². The molecule has 7 nitrogen and oxygen atoms in total. The van der Waals surface area contributed by atoms with Gasteiger partial charge in [-0.1, -0.05) is 11.6 Å². The van der Waals surface area contributed by atoms with Gasteiger partial charge in [0.05, 0.1) is 29.9 Å². The molecule has 25 heavy (non-hydrogen) atoms. The molecule has 0 aliphatic carbocycles. The highest BCUT2D eigenvalue weighted by Gasteiger charge is 2.39. The summed E-state index contributed by atoms with van der Waals surface area (Å²) in [5.41, 5.74) is 0.177. The zero-order chi connectivity index (χ0) is 17.9.